The zero-order chi connectivity index (χ0) is 9.56. The van der Waals surface area contributed by atoms with Gasteiger partial charge in [0, 0.05) is 1.34 Å². The van der Waals surface area contributed by atoms with Crippen LogP contribution in [0.2, 0.25) is 0 Å². The molecule has 0 saturated carbocycles. The topological polar surface area (TPSA) is 55.8 Å². The maximum atomic E-state index is 10.6. The smallest absolute Gasteiger partial charge is 0.337 e. The number of hydrogen-bond acceptors (Lipinski definition) is 5. The molecule has 0 bridgehead atoms. The van der Waals surface area contributed by atoms with E-state index in [9.17, 15) is 4.79 Å². The van der Waals surface area contributed by atoms with E-state index in [-0.39, 0.29) is 15.3 Å². The Kier molecular flexibility index (Phi) is 5.86. The Hall–Kier alpha value is 0.235. The molecule has 64 valence electrons. The van der Waals surface area contributed by atoms with Gasteiger partial charge < -0.3 is 14.4 Å². The number of carbonyl (C=O) groups excluding carboxylic acids is 1. The fourth-order valence-electron chi connectivity index (χ4n) is 0.368. The van der Waals surface area contributed by atoms with Crippen LogP contribution in [0.5, 0.6) is 0 Å². The van der Waals surface area contributed by atoms with E-state index >= 15 is 0 Å². The van der Waals surface area contributed by atoms with E-state index in [0.29, 0.717) is 0 Å². The minimum Gasteiger partial charge on any atom is -0.467 e. The summed E-state index contributed by atoms with van der Waals surface area (Å²) in [7, 11) is 1.02. The highest BCUT2D eigenvalue weighted by Gasteiger charge is 2.14. The number of thiol groups is 1. The Labute approximate surface area is 74.4 Å². The molecule has 0 heterocycles. The Morgan fingerprint density at radius 2 is 2.73 bits per heavy atom. The standard InChI is InChI=1S/C4H10BO4PS/c1-8-4(7)3(6)2-9-10-5-11/h3,5-6,10-11H,2H2,1H3/t3-/m0/s1/i5T. The molecule has 1 N–H and O–H groups in total. The molecule has 0 saturated heterocycles. The number of ether oxygens (including phenoxy) is 1. The summed E-state index contributed by atoms with van der Waals surface area (Å²) in [6, 6.07) is 0. The summed E-state index contributed by atoms with van der Waals surface area (Å²) in [5.41, 5.74) is 0. The van der Waals surface area contributed by atoms with Crippen molar-refractivity contribution in [2.75, 3.05) is 13.7 Å². The monoisotopic (exact) mass is 198 g/mol. The highest BCUT2D eigenvalue weighted by atomic mass is 32.1. The molecule has 4 nitrogen and oxygen atoms in total. The van der Waals surface area contributed by atoms with Gasteiger partial charge in [-0.3, -0.25) is 0 Å². The molecule has 7 heteroatoms. The van der Waals surface area contributed by atoms with Crippen molar-refractivity contribution in [3.63, 3.8) is 0 Å². The molecule has 0 aliphatic rings. The quantitative estimate of drug-likeness (QED) is 0.266. The summed E-state index contributed by atoms with van der Waals surface area (Å²) < 4.78 is 16.0. The molecule has 11 heavy (non-hydrogen) atoms. The van der Waals surface area contributed by atoms with Gasteiger partial charge in [0.05, 0.1) is 13.7 Å². The highest BCUT2D eigenvalue weighted by Crippen LogP contribution is 2.10. The number of esters is 1. The van der Waals surface area contributed by atoms with Gasteiger partial charge >= 0.3 is 5.97 Å². The van der Waals surface area contributed by atoms with Gasteiger partial charge in [0.25, 0.3) is 0 Å². The van der Waals surface area contributed by atoms with Crippen LogP contribution in [0.3, 0.4) is 0 Å². The largest absolute Gasteiger partial charge is 0.467 e. The highest BCUT2D eigenvalue weighted by molar-refractivity contribution is 8.22. The number of aliphatic hydroxyl groups excluding tert-OH is 1. The molecule has 0 aliphatic heterocycles. The lowest BCUT2D eigenvalue weighted by Crippen LogP contribution is -2.25. The van der Waals surface area contributed by atoms with Crippen LogP contribution >= 0.6 is 21.2 Å². The Morgan fingerprint density at radius 3 is 3.18 bits per heavy atom. The van der Waals surface area contributed by atoms with E-state index < -0.39 is 18.3 Å². The average Bonchev–Trinajstić information content (AvgIpc) is 2.02. The van der Waals surface area contributed by atoms with E-state index in [0.717, 1.165) is 0 Å². The molecule has 1 unspecified atom stereocenters. The van der Waals surface area contributed by atoms with Gasteiger partial charge in [0.2, 0.25) is 6.24 Å². The summed E-state index contributed by atoms with van der Waals surface area (Å²) >= 11 is 3.73. The van der Waals surface area contributed by atoms with Crippen molar-refractivity contribution in [1.82, 2.24) is 0 Å². The van der Waals surface area contributed by atoms with Gasteiger partial charge in [0.1, 0.15) is 0 Å². The summed E-state index contributed by atoms with van der Waals surface area (Å²) in [5.74, 6) is -0.736. The predicted octanol–water partition coefficient (Wildman–Crippen LogP) is -0.673. The van der Waals surface area contributed by atoms with Crippen molar-refractivity contribution in [2.45, 2.75) is 6.10 Å². The molecular formula is C4H10BO4PS. The van der Waals surface area contributed by atoms with Gasteiger partial charge in [-0.2, -0.15) is 0 Å². The van der Waals surface area contributed by atoms with E-state index in [2.05, 4.69) is 17.2 Å². The summed E-state index contributed by atoms with van der Waals surface area (Å²) in [5, 5.41) is 8.95. The van der Waals surface area contributed by atoms with Crippen LogP contribution in [0.25, 0.3) is 0 Å². The van der Waals surface area contributed by atoms with Crippen molar-refractivity contribution >= 4 is 33.4 Å². The fourth-order valence-corrected chi connectivity index (χ4v) is 0.921. The number of hydrogen-bond donors (Lipinski definition) is 2. The lowest BCUT2D eigenvalue weighted by molar-refractivity contribution is -0.151. The molecule has 0 aliphatic carbocycles. The number of aliphatic hydroxyl groups is 1. The van der Waals surface area contributed by atoms with Crippen molar-refractivity contribution in [3.05, 3.63) is 0 Å². The van der Waals surface area contributed by atoms with E-state index in [4.69, 9.17) is 11.0 Å². The van der Waals surface area contributed by atoms with Gasteiger partial charge in [-0.05, 0) is 8.69 Å². The zero-order valence-electron chi connectivity index (χ0n) is 6.98. The predicted molar refractivity (Wildman–Crippen MR) is 48.4 cm³/mol. The third-order valence-corrected chi connectivity index (χ3v) is 1.61. The van der Waals surface area contributed by atoms with Gasteiger partial charge in [-0.1, -0.05) is 0 Å². The summed E-state index contributed by atoms with van der Waals surface area (Å²) in [4.78, 5) is 10.6. The van der Waals surface area contributed by atoms with Gasteiger partial charge in [-0.15, -0.1) is 0 Å². The maximum Gasteiger partial charge on any atom is 0.337 e. The van der Waals surface area contributed by atoms with E-state index in [1.54, 1.807) is 0 Å². The zero-order valence-corrected chi connectivity index (χ0v) is 7.88. The van der Waals surface area contributed by atoms with Crippen LogP contribution in [0, 0.1) is 0 Å². The van der Waals surface area contributed by atoms with Gasteiger partial charge in [-0.25, -0.2) is 17.3 Å². The van der Waals surface area contributed by atoms with Crippen LogP contribution < -0.4 is 0 Å². The molecule has 0 aromatic rings. The number of carbonyl (C=O) groups is 1. The summed E-state index contributed by atoms with van der Waals surface area (Å²) in [6.07, 6.45) is -1.90. The third-order valence-electron chi connectivity index (χ3n) is 0.851. The van der Waals surface area contributed by atoms with Crippen molar-refractivity contribution in [3.8, 4) is 0 Å². The van der Waals surface area contributed by atoms with Crippen LogP contribution in [0.15, 0.2) is 0 Å². The lowest BCUT2D eigenvalue weighted by atomic mass is 10.4. The first-order chi connectivity index (χ1) is 5.57. The van der Waals surface area contributed by atoms with Crippen LogP contribution in [-0.4, -0.2) is 38.5 Å². The number of methoxy groups -OCH3 is 1. The molecule has 0 aromatic carbocycles. The molecule has 0 spiro atoms. The third kappa shape index (κ3) is 5.50. The Morgan fingerprint density at radius 1 is 2.09 bits per heavy atom. The normalized spacial score (nSPS) is 14.6. The minimum absolute atomic E-state index is 0.152. The first-order valence-electron chi connectivity index (χ1n) is 3.39. The molecular weight excluding hydrogens is 186 g/mol. The van der Waals surface area contributed by atoms with Crippen LogP contribution in [0.1, 0.15) is 0 Å². The fraction of sp³-hybridized carbons (Fsp3) is 0.750. The molecule has 0 radical (unpaired) electrons. The van der Waals surface area contributed by atoms with Crippen molar-refractivity contribution in [2.24, 2.45) is 0 Å². The Bertz CT molecular complexity index is 149. The molecule has 0 aromatic heterocycles. The van der Waals surface area contributed by atoms with Crippen molar-refractivity contribution in [1.29, 1.82) is 1.34 Å². The molecule has 0 fully saturated rings. The first kappa shape index (κ1) is 9.32. The van der Waals surface area contributed by atoms with E-state index in [1.165, 1.54) is 7.11 Å². The van der Waals surface area contributed by atoms with Crippen LogP contribution in [-0.2, 0) is 14.1 Å². The number of rotatable bonds is 5. The van der Waals surface area contributed by atoms with Gasteiger partial charge in [0.15, 0.2) is 6.10 Å². The van der Waals surface area contributed by atoms with Crippen molar-refractivity contribution < 1.29 is 19.2 Å². The maximum absolute atomic E-state index is 10.6. The molecule has 2 atom stereocenters. The molecule has 0 amide bonds. The second-order valence-electron chi connectivity index (χ2n) is 1.60. The van der Waals surface area contributed by atoms with Crippen LogP contribution in [0.4, 0.5) is 0 Å². The lowest BCUT2D eigenvalue weighted by Gasteiger charge is -2.07. The second kappa shape index (κ2) is 6.92. The second-order valence-corrected chi connectivity index (χ2v) is 3.15. The first-order valence-corrected chi connectivity index (χ1v) is 4.31. The summed E-state index contributed by atoms with van der Waals surface area (Å²) in [6.45, 7) is -0.152. The minimum atomic E-state index is -1.27. The Balaban J connectivity index is 3.43. The molecule has 0 rings (SSSR count). The average molecular weight is 198 g/mol. The van der Waals surface area contributed by atoms with E-state index in [1.807, 2.05) is 0 Å². The SMILES string of the molecule is [3H]B(S)POC[C@H](O)C(=O)OC.